The first-order valence-electron chi connectivity index (χ1n) is 7.12. The van der Waals surface area contributed by atoms with E-state index in [0.717, 1.165) is 6.08 Å². The van der Waals surface area contributed by atoms with Gasteiger partial charge in [0.25, 0.3) is 0 Å². The van der Waals surface area contributed by atoms with E-state index in [9.17, 15) is 4.79 Å². The van der Waals surface area contributed by atoms with Crippen LogP contribution in [0.2, 0.25) is 0 Å². The molecule has 3 nitrogen and oxygen atoms in total. The number of benzene rings is 2. The van der Waals surface area contributed by atoms with Gasteiger partial charge in [0.2, 0.25) is 6.79 Å². The second kappa shape index (κ2) is 6.94. The molecule has 0 atom stereocenters. The van der Waals surface area contributed by atoms with Gasteiger partial charge in [-0.1, -0.05) is 62.9 Å². The van der Waals surface area contributed by atoms with E-state index in [4.69, 9.17) is 9.47 Å². The van der Waals surface area contributed by atoms with Gasteiger partial charge < -0.3 is 9.47 Å². The molecule has 0 bridgehead atoms. The second-order valence-corrected chi connectivity index (χ2v) is 5.45. The molecule has 2 aromatic rings. The lowest BCUT2D eigenvalue weighted by Gasteiger charge is -2.26. The summed E-state index contributed by atoms with van der Waals surface area (Å²) in [4.78, 5) is 10.9. The standard InChI is InChI=1S/C19H20O3/c1-4-18(20)22-14-21-17-12-10-16(11-13-17)19(2,3)15-8-6-5-7-9-15/h4-13H,1,14H2,2-3H3. The van der Waals surface area contributed by atoms with Gasteiger partial charge in [-0.15, -0.1) is 0 Å². The first-order chi connectivity index (χ1) is 10.5. The maximum atomic E-state index is 10.9. The summed E-state index contributed by atoms with van der Waals surface area (Å²) in [6, 6.07) is 18.2. The Balaban J connectivity index is 2.05. The van der Waals surface area contributed by atoms with Crippen molar-refractivity contribution in [3.8, 4) is 5.75 Å². The van der Waals surface area contributed by atoms with E-state index in [0.29, 0.717) is 5.75 Å². The Labute approximate surface area is 131 Å². The van der Waals surface area contributed by atoms with Gasteiger partial charge in [-0.2, -0.15) is 0 Å². The van der Waals surface area contributed by atoms with Gasteiger partial charge >= 0.3 is 5.97 Å². The fraction of sp³-hybridized carbons (Fsp3) is 0.211. The van der Waals surface area contributed by atoms with Crippen LogP contribution in [0, 0.1) is 0 Å². The fourth-order valence-corrected chi connectivity index (χ4v) is 2.20. The molecule has 0 aromatic heterocycles. The monoisotopic (exact) mass is 296 g/mol. The second-order valence-electron chi connectivity index (χ2n) is 5.45. The van der Waals surface area contributed by atoms with Crippen LogP contribution in [0.3, 0.4) is 0 Å². The van der Waals surface area contributed by atoms with E-state index in [-0.39, 0.29) is 12.2 Å². The number of ether oxygens (including phenoxy) is 2. The normalized spacial score (nSPS) is 10.8. The summed E-state index contributed by atoms with van der Waals surface area (Å²) < 4.78 is 10.1. The zero-order chi connectivity index (χ0) is 16.0. The number of rotatable bonds is 6. The summed E-state index contributed by atoms with van der Waals surface area (Å²) in [6.45, 7) is 7.57. The molecule has 0 aliphatic rings. The van der Waals surface area contributed by atoms with Crippen molar-refractivity contribution in [2.45, 2.75) is 19.3 Å². The highest BCUT2D eigenvalue weighted by atomic mass is 16.7. The summed E-state index contributed by atoms with van der Waals surface area (Å²) in [5.74, 6) is 0.159. The first-order valence-corrected chi connectivity index (χ1v) is 7.12. The first kappa shape index (κ1) is 15.8. The maximum absolute atomic E-state index is 10.9. The molecule has 0 aliphatic carbocycles. The molecule has 22 heavy (non-hydrogen) atoms. The van der Waals surface area contributed by atoms with Crippen LogP contribution < -0.4 is 4.74 Å². The van der Waals surface area contributed by atoms with Gasteiger partial charge in [-0.3, -0.25) is 0 Å². The number of hydrogen-bond donors (Lipinski definition) is 0. The lowest BCUT2D eigenvalue weighted by atomic mass is 9.78. The average molecular weight is 296 g/mol. The van der Waals surface area contributed by atoms with Gasteiger partial charge in [-0.25, -0.2) is 4.79 Å². The third-order valence-corrected chi connectivity index (χ3v) is 3.66. The molecule has 0 fully saturated rings. The lowest BCUT2D eigenvalue weighted by Crippen LogP contribution is -2.18. The van der Waals surface area contributed by atoms with Gasteiger partial charge in [0.15, 0.2) is 0 Å². The largest absolute Gasteiger partial charge is 0.457 e. The van der Waals surface area contributed by atoms with Crippen molar-refractivity contribution >= 4 is 5.97 Å². The molecule has 114 valence electrons. The summed E-state index contributed by atoms with van der Waals surface area (Å²) in [5, 5.41) is 0. The molecular formula is C19H20O3. The Morgan fingerprint density at radius 3 is 2.23 bits per heavy atom. The van der Waals surface area contributed by atoms with E-state index >= 15 is 0 Å². The van der Waals surface area contributed by atoms with Crippen LogP contribution in [-0.4, -0.2) is 12.8 Å². The van der Waals surface area contributed by atoms with Crippen molar-refractivity contribution in [3.05, 3.63) is 78.4 Å². The van der Waals surface area contributed by atoms with E-state index in [2.05, 4.69) is 32.6 Å². The Morgan fingerprint density at radius 1 is 1.05 bits per heavy atom. The molecule has 3 heteroatoms. The number of carbonyl (C=O) groups excluding carboxylic acids is 1. The average Bonchev–Trinajstić information content (AvgIpc) is 2.56. The van der Waals surface area contributed by atoms with Gasteiger partial charge in [0.1, 0.15) is 5.75 Å². The van der Waals surface area contributed by atoms with Crippen LogP contribution in [0.1, 0.15) is 25.0 Å². The van der Waals surface area contributed by atoms with Crippen molar-refractivity contribution in [3.63, 3.8) is 0 Å². The number of hydrogen-bond acceptors (Lipinski definition) is 3. The highest BCUT2D eigenvalue weighted by Crippen LogP contribution is 2.32. The minimum Gasteiger partial charge on any atom is -0.457 e. The molecule has 0 heterocycles. The van der Waals surface area contributed by atoms with Crippen LogP contribution in [0.25, 0.3) is 0 Å². The van der Waals surface area contributed by atoms with Gasteiger partial charge in [0.05, 0.1) is 0 Å². The highest BCUT2D eigenvalue weighted by molar-refractivity contribution is 5.81. The summed E-state index contributed by atoms with van der Waals surface area (Å²) in [7, 11) is 0. The molecule has 0 amide bonds. The molecular weight excluding hydrogens is 276 g/mol. The molecule has 0 radical (unpaired) electrons. The summed E-state index contributed by atoms with van der Waals surface area (Å²) >= 11 is 0. The molecule has 2 rings (SSSR count). The number of carbonyl (C=O) groups is 1. The van der Waals surface area contributed by atoms with Crippen LogP contribution in [0.4, 0.5) is 0 Å². The van der Waals surface area contributed by atoms with Crippen LogP contribution in [-0.2, 0) is 14.9 Å². The zero-order valence-electron chi connectivity index (χ0n) is 12.9. The fourth-order valence-electron chi connectivity index (χ4n) is 2.20. The van der Waals surface area contributed by atoms with Crippen LogP contribution in [0.5, 0.6) is 5.75 Å². The summed E-state index contributed by atoms with van der Waals surface area (Å²) in [6.07, 6.45) is 1.11. The van der Waals surface area contributed by atoms with Crippen LogP contribution >= 0.6 is 0 Å². The number of esters is 1. The van der Waals surface area contributed by atoms with E-state index in [1.165, 1.54) is 11.1 Å². The summed E-state index contributed by atoms with van der Waals surface area (Å²) in [5.41, 5.74) is 2.35. The lowest BCUT2D eigenvalue weighted by molar-refractivity contribution is -0.144. The molecule has 0 N–H and O–H groups in total. The van der Waals surface area contributed by atoms with E-state index in [1.54, 1.807) is 0 Å². The van der Waals surface area contributed by atoms with Gasteiger partial charge in [-0.05, 0) is 23.3 Å². The predicted molar refractivity (Wildman–Crippen MR) is 86.8 cm³/mol. The van der Waals surface area contributed by atoms with Crippen LogP contribution in [0.15, 0.2) is 67.3 Å². The quantitative estimate of drug-likeness (QED) is 0.458. The Morgan fingerprint density at radius 2 is 1.64 bits per heavy atom. The molecule has 2 aromatic carbocycles. The molecule has 0 saturated carbocycles. The predicted octanol–water partition coefficient (Wildman–Crippen LogP) is 4.08. The van der Waals surface area contributed by atoms with Crippen molar-refractivity contribution < 1.29 is 14.3 Å². The molecule has 0 saturated heterocycles. The maximum Gasteiger partial charge on any atom is 0.333 e. The van der Waals surface area contributed by atoms with Gasteiger partial charge in [0, 0.05) is 11.5 Å². The minimum atomic E-state index is -0.498. The van der Waals surface area contributed by atoms with Crippen molar-refractivity contribution in [1.29, 1.82) is 0 Å². The topological polar surface area (TPSA) is 35.5 Å². The SMILES string of the molecule is C=CC(=O)OCOc1ccc(C(C)(C)c2ccccc2)cc1. The Kier molecular flexibility index (Phi) is 4.99. The zero-order valence-corrected chi connectivity index (χ0v) is 12.9. The van der Waals surface area contributed by atoms with Crippen molar-refractivity contribution in [1.82, 2.24) is 0 Å². The Bertz CT molecular complexity index is 627. The highest BCUT2D eigenvalue weighted by Gasteiger charge is 2.22. The molecule has 0 aliphatic heterocycles. The third kappa shape index (κ3) is 3.76. The smallest absolute Gasteiger partial charge is 0.333 e. The minimum absolute atomic E-state index is 0.0882. The van der Waals surface area contributed by atoms with E-state index < -0.39 is 5.97 Å². The molecule has 0 unspecified atom stereocenters. The van der Waals surface area contributed by atoms with Crippen molar-refractivity contribution in [2.75, 3.05) is 6.79 Å². The Hall–Kier alpha value is -2.55. The third-order valence-electron chi connectivity index (χ3n) is 3.66. The molecule has 0 spiro atoms. The van der Waals surface area contributed by atoms with Crippen molar-refractivity contribution in [2.24, 2.45) is 0 Å². The van der Waals surface area contributed by atoms with E-state index in [1.807, 2.05) is 42.5 Å².